The van der Waals surface area contributed by atoms with E-state index in [0.717, 1.165) is 25.0 Å². The Bertz CT molecular complexity index is 1250. The molecule has 0 bridgehead atoms. The summed E-state index contributed by atoms with van der Waals surface area (Å²) in [6.45, 7) is 2.62. The van der Waals surface area contributed by atoms with Crippen molar-refractivity contribution in [3.63, 3.8) is 0 Å². The summed E-state index contributed by atoms with van der Waals surface area (Å²) < 4.78 is 45.7. The molecule has 0 spiro atoms. The van der Waals surface area contributed by atoms with Gasteiger partial charge in [0.2, 0.25) is 11.7 Å². The van der Waals surface area contributed by atoms with Crippen molar-refractivity contribution in [3.05, 3.63) is 57.5 Å². The Morgan fingerprint density at radius 3 is 2.65 bits per heavy atom. The third kappa shape index (κ3) is 4.67. The van der Waals surface area contributed by atoms with Gasteiger partial charge >= 0.3 is 6.18 Å². The fourth-order valence-corrected chi connectivity index (χ4v) is 4.55. The Morgan fingerprint density at radius 2 is 1.94 bits per heavy atom. The van der Waals surface area contributed by atoms with Crippen LogP contribution in [0.5, 0.6) is 0 Å². The number of fused-ring (bicyclic) bond motifs is 1. The van der Waals surface area contributed by atoms with E-state index in [1.165, 1.54) is 35.2 Å². The van der Waals surface area contributed by atoms with Gasteiger partial charge in [0, 0.05) is 12.1 Å². The molecule has 6 nitrogen and oxygen atoms in total. The number of aromatic nitrogens is 4. The first kappa shape index (κ1) is 21.6. The molecule has 0 saturated carbocycles. The maximum atomic E-state index is 12.8. The Morgan fingerprint density at radius 1 is 1.16 bits per heavy atom. The van der Waals surface area contributed by atoms with E-state index in [1.54, 1.807) is 4.57 Å². The number of hydrogen-bond acceptors (Lipinski definition) is 7. The average Bonchev–Trinajstić information content (AvgIpc) is 3.41. The highest BCUT2D eigenvalue weighted by molar-refractivity contribution is 7.98. The summed E-state index contributed by atoms with van der Waals surface area (Å²) >= 11 is 2.68. The van der Waals surface area contributed by atoms with Gasteiger partial charge in [0.15, 0.2) is 5.16 Å². The van der Waals surface area contributed by atoms with E-state index in [0.29, 0.717) is 33.4 Å². The van der Waals surface area contributed by atoms with Crippen LogP contribution in [0.15, 0.2) is 50.2 Å². The summed E-state index contributed by atoms with van der Waals surface area (Å²) in [6, 6.07) is 6.38. The molecule has 0 fully saturated rings. The van der Waals surface area contributed by atoms with Crippen molar-refractivity contribution in [1.82, 2.24) is 19.7 Å². The second-order valence-corrected chi connectivity index (χ2v) is 8.57. The molecule has 31 heavy (non-hydrogen) atoms. The number of rotatable bonds is 7. The first-order valence-electron chi connectivity index (χ1n) is 9.48. The Balaban J connectivity index is 1.53. The standard InChI is InChI=1S/C20H17F3N4O2S2/c1-2-3-9-27-18(28)16-14(8-10-30-16)24-19(27)31-11-15-25-17(26-29-15)12-4-6-13(7-5-12)20(21,22)23/h4-8,10H,2-3,9,11H2,1H3. The average molecular weight is 467 g/mol. The lowest BCUT2D eigenvalue weighted by atomic mass is 10.1. The third-order valence-electron chi connectivity index (χ3n) is 4.53. The van der Waals surface area contributed by atoms with E-state index in [4.69, 9.17) is 4.52 Å². The van der Waals surface area contributed by atoms with Gasteiger partial charge in [-0.25, -0.2) is 4.98 Å². The maximum absolute atomic E-state index is 12.8. The molecular weight excluding hydrogens is 449 g/mol. The minimum absolute atomic E-state index is 0.0630. The topological polar surface area (TPSA) is 73.8 Å². The monoisotopic (exact) mass is 466 g/mol. The number of unbranched alkanes of at least 4 members (excludes halogenated alkanes) is 1. The summed E-state index contributed by atoms with van der Waals surface area (Å²) in [4.78, 5) is 21.7. The molecule has 0 aliphatic heterocycles. The van der Waals surface area contributed by atoms with Gasteiger partial charge in [-0.2, -0.15) is 18.2 Å². The van der Waals surface area contributed by atoms with E-state index >= 15 is 0 Å². The van der Waals surface area contributed by atoms with Crippen LogP contribution in [0.3, 0.4) is 0 Å². The van der Waals surface area contributed by atoms with Crippen molar-refractivity contribution in [2.75, 3.05) is 0 Å². The zero-order chi connectivity index (χ0) is 22.0. The van der Waals surface area contributed by atoms with Crippen LogP contribution in [-0.4, -0.2) is 19.7 Å². The second kappa shape index (κ2) is 8.83. The molecule has 0 saturated heterocycles. The van der Waals surface area contributed by atoms with Crippen LogP contribution in [-0.2, 0) is 18.5 Å². The lowest BCUT2D eigenvalue weighted by Crippen LogP contribution is -2.22. The molecule has 0 aliphatic rings. The van der Waals surface area contributed by atoms with E-state index < -0.39 is 11.7 Å². The summed E-state index contributed by atoms with van der Waals surface area (Å²) in [7, 11) is 0. The van der Waals surface area contributed by atoms with Crippen LogP contribution in [0.2, 0.25) is 0 Å². The number of nitrogens with zero attached hydrogens (tertiary/aromatic N) is 4. The third-order valence-corrected chi connectivity index (χ3v) is 6.38. The summed E-state index contributed by atoms with van der Waals surface area (Å²) in [5.41, 5.74) is 0.272. The van der Waals surface area contributed by atoms with Crippen LogP contribution in [0.1, 0.15) is 31.2 Å². The van der Waals surface area contributed by atoms with Gasteiger partial charge in [0.1, 0.15) is 4.70 Å². The van der Waals surface area contributed by atoms with Gasteiger partial charge in [0.25, 0.3) is 5.56 Å². The first-order valence-corrected chi connectivity index (χ1v) is 11.3. The van der Waals surface area contributed by atoms with E-state index in [9.17, 15) is 18.0 Å². The SMILES string of the molecule is CCCCn1c(SCc2nc(-c3ccc(C(F)(F)F)cc3)no2)nc2ccsc2c1=O. The molecule has 4 aromatic rings. The Kier molecular flexibility index (Phi) is 6.15. The van der Waals surface area contributed by atoms with Gasteiger partial charge in [-0.15, -0.1) is 11.3 Å². The largest absolute Gasteiger partial charge is 0.416 e. The first-order chi connectivity index (χ1) is 14.9. The number of alkyl halides is 3. The van der Waals surface area contributed by atoms with E-state index in [1.807, 2.05) is 11.4 Å². The summed E-state index contributed by atoms with van der Waals surface area (Å²) in [6.07, 6.45) is -2.61. The molecule has 11 heteroatoms. The zero-order valence-electron chi connectivity index (χ0n) is 16.3. The maximum Gasteiger partial charge on any atom is 0.416 e. The number of hydrogen-bond donors (Lipinski definition) is 0. The van der Waals surface area contributed by atoms with Gasteiger partial charge in [-0.05, 0) is 30.0 Å². The van der Waals surface area contributed by atoms with Crippen molar-refractivity contribution in [3.8, 4) is 11.4 Å². The molecule has 1 aromatic carbocycles. The van der Waals surface area contributed by atoms with Gasteiger partial charge < -0.3 is 4.52 Å². The lowest BCUT2D eigenvalue weighted by Gasteiger charge is -2.10. The predicted octanol–water partition coefficient (Wildman–Crippen LogP) is 5.62. The molecule has 0 aliphatic carbocycles. The molecule has 0 atom stereocenters. The van der Waals surface area contributed by atoms with Gasteiger partial charge in [-0.1, -0.05) is 42.4 Å². The fraction of sp³-hybridized carbons (Fsp3) is 0.300. The van der Waals surface area contributed by atoms with Gasteiger partial charge in [-0.3, -0.25) is 9.36 Å². The molecule has 3 heterocycles. The Labute approximate surface area is 183 Å². The zero-order valence-corrected chi connectivity index (χ0v) is 18.0. The molecule has 162 valence electrons. The van der Waals surface area contributed by atoms with Crippen molar-refractivity contribution in [2.45, 2.75) is 43.4 Å². The molecule has 0 N–H and O–H groups in total. The smallest absolute Gasteiger partial charge is 0.338 e. The molecule has 0 amide bonds. The number of halogens is 3. The molecule has 3 aromatic heterocycles. The van der Waals surface area contributed by atoms with Crippen molar-refractivity contribution in [2.24, 2.45) is 0 Å². The van der Waals surface area contributed by atoms with Crippen LogP contribution < -0.4 is 5.56 Å². The van der Waals surface area contributed by atoms with Gasteiger partial charge in [0.05, 0.1) is 16.8 Å². The van der Waals surface area contributed by atoms with Crippen LogP contribution in [0, 0.1) is 0 Å². The quantitative estimate of drug-likeness (QED) is 0.260. The summed E-state index contributed by atoms with van der Waals surface area (Å²) in [5.74, 6) is 0.775. The fourth-order valence-electron chi connectivity index (χ4n) is 2.91. The molecule has 0 unspecified atom stereocenters. The highest BCUT2D eigenvalue weighted by atomic mass is 32.2. The predicted molar refractivity (Wildman–Crippen MR) is 113 cm³/mol. The molecule has 0 radical (unpaired) electrons. The molecule has 4 rings (SSSR count). The Hall–Kier alpha value is -2.66. The van der Waals surface area contributed by atoms with E-state index in [2.05, 4.69) is 22.0 Å². The number of thiophene rings is 1. The minimum Gasteiger partial charge on any atom is -0.338 e. The molecular formula is C20H17F3N4O2S2. The minimum atomic E-state index is -4.40. The summed E-state index contributed by atoms with van der Waals surface area (Å²) in [5, 5.41) is 6.26. The van der Waals surface area contributed by atoms with Crippen LogP contribution in [0.25, 0.3) is 21.6 Å². The highest BCUT2D eigenvalue weighted by Gasteiger charge is 2.30. The van der Waals surface area contributed by atoms with Crippen LogP contribution in [0.4, 0.5) is 13.2 Å². The van der Waals surface area contributed by atoms with Crippen molar-refractivity contribution < 1.29 is 17.7 Å². The van der Waals surface area contributed by atoms with E-state index in [-0.39, 0.29) is 17.1 Å². The highest BCUT2D eigenvalue weighted by Crippen LogP contribution is 2.31. The second-order valence-electron chi connectivity index (χ2n) is 6.72. The number of thioether (sulfide) groups is 1. The van der Waals surface area contributed by atoms with Crippen molar-refractivity contribution in [1.29, 1.82) is 0 Å². The van der Waals surface area contributed by atoms with Crippen LogP contribution >= 0.6 is 23.1 Å². The van der Waals surface area contributed by atoms with Crippen molar-refractivity contribution >= 4 is 33.3 Å². The lowest BCUT2D eigenvalue weighted by molar-refractivity contribution is -0.137. The number of benzene rings is 1. The normalized spacial score (nSPS) is 12.0.